The third-order valence-electron chi connectivity index (χ3n) is 4.51. The van der Waals surface area contributed by atoms with Gasteiger partial charge in [-0.3, -0.25) is 9.48 Å². The molecule has 1 aromatic carbocycles. The molecular weight excluding hydrogens is 344 g/mol. The van der Waals surface area contributed by atoms with E-state index < -0.39 is 0 Å². The molecule has 0 spiro atoms. The molecule has 0 fully saturated rings. The van der Waals surface area contributed by atoms with E-state index in [2.05, 4.69) is 27.5 Å². The first kappa shape index (κ1) is 18.3. The number of rotatable bonds is 6. The Hall–Kier alpha value is -2.47. The second-order valence-electron chi connectivity index (χ2n) is 6.57. The Morgan fingerprint density at radius 1 is 1.27 bits per heavy atom. The Kier molecular flexibility index (Phi) is 5.52. The second kappa shape index (κ2) is 7.83. The van der Waals surface area contributed by atoms with Crippen molar-refractivity contribution in [1.82, 2.24) is 20.1 Å². The van der Waals surface area contributed by atoms with Gasteiger partial charge < -0.3 is 5.32 Å². The lowest BCUT2D eigenvalue weighted by atomic mass is 10.1. The highest BCUT2D eigenvalue weighted by Crippen LogP contribution is 2.21. The Balaban J connectivity index is 1.60. The summed E-state index contributed by atoms with van der Waals surface area (Å²) in [6.45, 7) is 5.99. The van der Waals surface area contributed by atoms with Crippen LogP contribution in [0.2, 0.25) is 0 Å². The Bertz CT molecular complexity index is 898. The summed E-state index contributed by atoms with van der Waals surface area (Å²) in [6.07, 6.45) is 1.10. The molecule has 0 aliphatic carbocycles. The van der Waals surface area contributed by atoms with Crippen molar-refractivity contribution in [2.45, 2.75) is 39.7 Å². The Morgan fingerprint density at radius 3 is 2.65 bits per heavy atom. The van der Waals surface area contributed by atoms with Gasteiger partial charge in [-0.2, -0.15) is 5.10 Å². The summed E-state index contributed by atoms with van der Waals surface area (Å²) < 4.78 is 1.85. The third kappa shape index (κ3) is 4.19. The summed E-state index contributed by atoms with van der Waals surface area (Å²) in [6, 6.07) is 10.2. The van der Waals surface area contributed by atoms with Crippen molar-refractivity contribution in [1.29, 1.82) is 0 Å². The Labute approximate surface area is 158 Å². The van der Waals surface area contributed by atoms with E-state index in [1.54, 1.807) is 11.3 Å². The first-order chi connectivity index (χ1) is 12.4. The Morgan fingerprint density at radius 2 is 2.00 bits per heavy atom. The number of amides is 1. The summed E-state index contributed by atoms with van der Waals surface area (Å²) in [4.78, 5) is 17.0. The fourth-order valence-electron chi connectivity index (χ4n) is 3.23. The predicted molar refractivity (Wildman–Crippen MR) is 104 cm³/mol. The summed E-state index contributed by atoms with van der Waals surface area (Å²) >= 11 is 1.61. The highest BCUT2D eigenvalue weighted by molar-refractivity contribution is 7.09. The molecule has 26 heavy (non-hydrogen) atoms. The number of nitrogens with zero attached hydrogens (tertiary/aromatic N) is 3. The van der Waals surface area contributed by atoms with Crippen molar-refractivity contribution in [2.75, 3.05) is 0 Å². The lowest BCUT2D eigenvalue weighted by Crippen LogP contribution is -2.28. The average molecular weight is 369 g/mol. The molecule has 2 heterocycles. The molecule has 6 heteroatoms. The van der Waals surface area contributed by atoms with Gasteiger partial charge in [0.25, 0.3) is 0 Å². The summed E-state index contributed by atoms with van der Waals surface area (Å²) in [7, 11) is 1.92. The molecule has 0 aliphatic rings. The minimum absolute atomic E-state index is 0.0169. The standard InChI is InChI=1S/C20H24N4OS/c1-13(20-14(2)23-24(4)15(20)3)21-18(25)11-17-12-26-19(22-17)10-16-8-6-5-7-9-16/h5-9,12-13H,10-11H2,1-4H3,(H,21,25). The summed E-state index contributed by atoms with van der Waals surface area (Å²) in [5.41, 5.74) is 5.17. The highest BCUT2D eigenvalue weighted by atomic mass is 32.1. The minimum Gasteiger partial charge on any atom is -0.349 e. The van der Waals surface area contributed by atoms with Gasteiger partial charge in [-0.1, -0.05) is 30.3 Å². The molecule has 0 radical (unpaired) electrons. The molecule has 0 saturated carbocycles. The topological polar surface area (TPSA) is 59.8 Å². The van der Waals surface area contributed by atoms with Crippen LogP contribution in [0, 0.1) is 13.8 Å². The highest BCUT2D eigenvalue weighted by Gasteiger charge is 2.18. The van der Waals surface area contributed by atoms with Crippen molar-refractivity contribution in [3.05, 3.63) is 68.9 Å². The maximum Gasteiger partial charge on any atom is 0.226 e. The van der Waals surface area contributed by atoms with Crippen LogP contribution in [0.4, 0.5) is 0 Å². The number of aromatic nitrogens is 3. The molecule has 5 nitrogen and oxygen atoms in total. The molecule has 0 saturated heterocycles. The molecular formula is C20H24N4OS. The first-order valence-corrected chi connectivity index (χ1v) is 9.58. The fourth-order valence-corrected chi connectivity index (χ4v) is 4.06. The van der Waals surface area contributed by atoms with Gasteiger partial charge in [0.05, 0.1) is 28.9 Å². The van der Waals surface area contributed by atoms with Crippen LogP contribution >= 0.6 is 11.3 Å². The first-order valence-electron chi connectivity index (χ1n) is 8.70. The number of hydrogen-bond donors (Lipinski definition) is 1. The van der Waals surface area contributed by atoms with Crippen molar-refractivity contribution < 1.29 is 4.79 Å². The van der Waals surface area contributed by atoms with Crippen LogP contribution in [0.3, 0.4) is 0 Å². The van der Waals surface area contributed by atoms with Gasteiger partial charge >= 0.3 is 0 Å². The zero-order chi connectivity index (χ0) is 18.7. The van der Waals surface area contributed by atoms with E-state index in [9.17, 15) is 4.79 Å². The van der Waals surface area contributed by atoms with Crippen molar-refractivity contribution >= 4 is 17.2 Å². The van der Waals surface area contributed by atoms with E-state index in [0.29, 0.717) is 6.42 Å². The lowest BCUT2D eigenvalue weighted by Gasteiger charge is -2.14. The van der Waals surface area contributed by atoms with E-state index in [1.807, 2.05) is 56.1 Å². The van der Waals surface area contributed by atoms with Gasteiger partial charge in [-0.15, -0.1) is 11.3 Å². The van der Waals surface area contributed by atoms with Crippen LogP contribution in [-0.4, -0.2) is 20.7 Å². The summed E-state index contributed by atoms with van der Waals surface area (Å²) in [5.74, 6) is -0.0169. The number of carbonyl (C=O) groups is 1. The van der Waals surface area contributed by atoms with Gasteiger partial charge in [0.15, 0.2) is 0 Å². The van der Waals surface area contributed by atoms with Crippen LogP contribution < -0.4 is 5.32 Å². The second-order valence-corrected chi connectivity index (χ2v) is 7.51. The SMILES string of the molecule is Cc1nn(C)c(C)c1C(C)NC(=O)Cc1csc(Cc2ccccc2)n1. The molecule has 2 aromatic heterocycles. The predicted octanol–water partition coefficient (Wildman–Crippen LogP) is 3.50. The minimum atomic E-state index is -0.0707. The molecule has 1 amide bonds. The molecule has 0 bridgehead atoms. The lowest BCUT2D eigenvalue weighted by molar-refractivity contribution is -0.121. The zero-order valence-corrected chi connectivity index (χ0v) is 16.4. The monoisotopic (exact) mass is 368 g/mol. The number of nitrogens with one attached hydrogen (secondary N) is 1. The number of hydrogen-bond acceptors (Lipinski definition) is 4. The maximum absolute atomic E-state index is 12.4. The van der Waals surface area contributed by atoms with Gasteiger partial charge in [-0.25, -0.2) is 4.98 Å². The summed E-state index contributed by atoms with van der Waals surface area (Å²) in [5, 5.41) is 10.5. The quantitative estimate of drug-likeness (QED) is 0.724. The third-order valence-corrected chi connectivity index (χ3v) is 5.41. The normalized spacial score (nSPS) is 12.2. The zero-order valence-electron chi connectivity index (χ0n) is 15.6. The molecule has 1 atom stereocenters. The van der Waals surface area contributed by atoms with Crippen LogP contribution in [0.15, 0.2) is 35.7 Å². The van der Waals surface area contributed by atoms with Gasteiger partial charge in [0.1, 0.15) is 0 Å². The van der Waals surface area contributed by atoms with Gasteiger partial charge in [0, 0.05) is 30.1 Å². The smallest absolute Gasteiger partial charge is 0.226 e. The van der Waals surface area contributed by atoms with E-state index in [-0.39, 0.29) is 11.9 Å². The van der Waals surface area contributed by atoms with E-state index in [0.717, 1.165) is 34.1 Å². The van der Waals surface area contributed by atoms with Crippen LogP contribution in [0.5, 0.6) is 0 Å². The molecule has 1 unspecified atom stereocenters. The molecule has 3 aromatic rings. The average Bonchev–Trinajstić information content (AvgIpc) is 3.12. The molecule has 0 aliphatic heterocycles. The maximum atomic E-state index is 12.4. The molecule has 136 valence electrons. The largest absolute Gasteiger partial charge is 0.349 e. The van der Waals surface area contributed by atoms with Crippen LogP contribution in [-0.2, 0) is 24.7 Å². The number of aryl methyl sites for hydroxylation is 2. The van der Waals surface area contributed by atoms with Crippen molar-refractivity contribution in [3.8, 4) is 0 Å². The van der Waals surface area contributed by atoms with E-state index in [1.165, 1.54) is 5.56 Å². The van der Waals surface area contributed by atoms with Crippen molar-refractivity contribution in [2.24, 2.45) is 7.05 Å². The number of benzene rings is 1. The number of thiazole rings is 1. The van der Waals surface area contributed by atoms with Crippen molar-refractivity contribution in [3.63, 3.8) is 0 Å². The van der Waals surface area contributed by atoms with E-state index in [4.69, 9.17) is 0 Å². The fraction of sp³-hybridized carbons (Fsp3) is 0.350. The van der Waals surface area contributed by atoms with E-state index >= 15 is 0 Å². The number of carbonyl (C=O) groups excluding carboxylic acids is 1. The van der Waals surface area contributed by atoms with Crippen LogP contribution in [0.25, 0.3) is 0 Å². The molecule has 3 rings (SSSR count). The molecule has 1 N–H and O–H groups in total. The van der Waals surface area contributed by atoms with Gasteiger partial charge in [-0.05, 0) is 26.3 Å². The van der Waals surface area contributed by atoms with Crippen LogP contribution in [0.1, 0.15) is 46.2 Å². The van der Waals surface area contributed by atoms with Gasteiger partial charge in [0.2, 0.25) is 5.91 Å².